The van der Waals surface area contributed by atoms with E-state index >= 15 is 0 Å². The highest BCUT2D eigenvalue weighted by atomic mass is 14.1. The van der Waals surface area contributed by atoms with Crippen LogP contribution < -0.4 is 0 Å². The summed E-state index contributed by atoms with van der Waals surface area (Å²) in [6.45, 7) is 4.48. The van der Waals surface area contributed by atoms with Gasteiger partial charge in [-0.15, -0.1) is 0 Å². The highest BCUT2D eigenvalue weighted by Gasteiger charge is 2.03. The molecular formula is C19H18. The zero-order chi connectivity index (χ0) is 13.2. The van der Waals surface area contributed by atoms with E-state index in [1.807, 2.05) is 0 Å². The van der Waals surface area contributed by atoms with Crippen molar-refractivity contribution in [3.8, 4) is 11.1 Å². The van der Waals surface area contributed by atoms with E-state index in [0.29, 0.717) is 5.92 Å². The molecule has 3 aromatic rings. The Morgan fingerprint density at radius 3 is 2.11 bits per heavy atom. The van der Waals surface area contributed by atoms with Crippen molar-refractivity contribution < 1.29 is 0 Å². The molecule has 0 heteroatoms. The number of hydrogen-bond acceptors (Lipinski definition) is 0. The fraction of sp³-hybridized carbons (Fsp3) is 0.158. The van der Waals surface area contributed by atoms with Gasteiger partial charge in [0.1, 0.15) is 0 Å². The fourth-order valence-electron chi connectivity index (χ4n) is 2.43. The minimum atomic E-state index is 0.574. The Hall–Kier alpha value is -2.08. The molecule has 3 rings (SSSR count). The molecule has 0 aliphatic carbocycles. The van der Waals surface area contributed by atoms with Crippen LogP contribution in [0.15, 0.2) is 66.7 Å². The van der Waals surface area contributed by atoms with Gasteiger partial charge in [-0.1, -0.05) is 74.5 Å². The number of rotatable bonds is 2. The van der Waals surface area contributed by atoms with Gasteiger partial charge in [-0.2, -0.15) is 0 Å². The van der Waals surface area contributed by atoms with E-state index in [9.17, 15) is 0 Å². The van der Waals surface area contributed by atoms with Crippen LogP contribution in [0.3, 0.4) is 0 Å². The Kier molecular flexibility index (Phi) is 3.08. The zero-order valence-corrected chi connectivity index (χ0v) is 11.4. The van der Waals surface area contributed by atoms with Gasteiger partial charge in [0.2, 0.25) is 0 Å². The lowest BCUT2D eigenvalue weighted by Gasteiger charge is -2.08. The van der Waals surface area contributed by atoms with E-state index in [0.717, 1.165) is 0 Å². The molecule has 0 spiro atoms. The van der Waals surface area contributed by atoms with Crippen LogP contribution in [0.5, 0.6) is 0 Å². The molecule has 0 unspecified atom stereocenters. The first-order valence-corrected chi connectivity index (χ1v) is 6.83. The van der Waals surface area contributed by atoms with Crippen molar-refractivity contribution in [2.75, 3.05) is 0 Å². The largest absolute Gasteiger partial charge is 0.0622 e. The first-order chi connectivity index (χ1) is 9.24. The molecular weight excluding hydrogens is 228 g/mol. The van der Waals surface area contributed by atoms with E-state index in [-0.39, 0.29) is 0 Å². The smallest absolute Gasteiger partial charge is 0.0175 e. The van der Waals surface area contributed by atoms with Crippen molar-refractivity contribution in [1.82, 2.24) is 0 Å². The molecule has 3 aromatic carbocycles. The minimum Gasteiger partial charge on any atom is -0.0622 e. The first-order valence-electron chi connectivity index (χ1n) is 6.83. The summed E-state index contributed by atoms with van der Waals surface area (Å²) in [4.78, 5) is 0. The van der Waals surface area contributed by atoms with Gasteiger partial charge in [0, 0.05) is 0 Å². The zero-order valence-electron chi connectivity index (χ0n) is 11.4. The van der Waals surface area contributed by atoms with Gasteiger partial charge in [0.25, 0.3) is 0 Å². The van der Waals surface area contributed by atoms with Crippen molar-refractivity contribution in [3.05, 3.63) is 72.3 Å². The highest BCUT2D eigenvalue weighted by molar-refractivity contribution is 5.88. The van der Waals surface area contributed by atoms with E-state index < -0.39 is 0 Å². The molecule has 0 aromatic heterocycles. The molecule has 0 atom stereocenters. The Bertz CT molecular complexity index is 694. The lowest BCUT2D eigenvalue weighted by atomic mass is 9.96. The quantitative estimate of drug-likeness (QED) is 0.549. The van der Waals surface area contributed by atoms with Gasteiger partial charge in [0.15, 0.2) is 0 Å². The molecule has 0 amide bonds. The Morgan fingerprint density at radius 2 is 1.37 bits per heavy atom. The van der Waals surface area contributed by atoms with Gasteiger partial charge >= 0.3 is 0 Å². The number of hydrogen-bond donors (Lipinski definition) is 0. The minimum absolute atomic E-state index is 0.574. The SMILES string of the molecule is CC(C)c1ccc2ccc(-c3ccccc3)cc2c1. The second-order valence-electron chi connectivity index (χ2n) is 5.34. The monoisotopic (exact) mass is 246 g/mol. The van der Waals surface area contributed by atoms with E-state index in [2.05, 4.69) is 80.6 Å². The average molecular weight is 246 g/mol. The number of fused-ring (bicyclic) bond motifs is 1. The molecule has 0 nitrogen and oxygen atoms in total. The predicted octanol–water partition coefficient (Wildman–Crippen LogP) is 5.63. The highest BCUT2D eigenvalue weighted by Crippen LogP contribution is 2.26. The maximum Gasteiger partial charge on any atom is -0.0175 e. The third kappa shape index (κ3) is 2.39. The molecule has 19 heavy (non-hydrogen) atoms. The van der Waals surface area contributed by atoms with Crippen LogP contribution in [-0.2, 0) is 0 Å². The standard InChI is InChI=1S/C19H18/c1-14(2)17-10-8-16-9-11-18(13-19(16)12-17)15-6-4-3-5-7-15/h3-14H,1-2H3. The van der Waals surface area contributed by atoms with Crippen LogP contribution in [0.1, 0.15) is 25.3 Å². The Labute approximate surface area is 114 Å². The third-order valence-electron chi connectivity index (χ3n) is 3.64. The van der Waals surface area contributed by atoms with Gasteiger partial charge in [0.05, 0.1) is 0 Å². The van der Waals surface area contributed by atoms with E-state index in [1.165, 1.54) is 27.5 Å². The maximum atomic E-state index is 2.31. The third-order valence-corrected chi connectivity index (χ3v) is 3.64. The number of benzene rings is 3. The van der Waals surface area contributed by atoms with Crippen molar-refractivity contribution in [2.45, 2.75) is 19.8 Å². The van der Waals surface area contributed by atoms with Crippen molar-refractivity contribution in [2.24, 2.45) is 0 Å². The van der Waals surface area contributed by atoms with Gasteiger partial charge in [-0.05, 0) is 39.4 Å². The van der Waals surface area contributed by atoms with Gasteiger partial charge in [-0.3, -0.25) is 0 Å². The molecule has 0 aliphatic rings. The van der Waals surface area contributed by atoms with Gasteiger partial charge < -0.3 is 0 Å². The Balaban J connectivity index is 2.14. The summed E-state index contributed by atoms with van der Waals surface area (Å²) in [6, 6.07) is 24.0. The average Bonchev–Trinajstić information content (AvgIpc) is 2.47. The molecule has 0 saturated carbocycles. The molecule has 0 heterocycles. The summed E-state index contributed by atoms with van der Waals surface area (Å²) in [5.74, 6) is 0.574. The first kappa shape index (κ1) is 12.0. The molecule has 0 radical (unpaired) electrons. The summed E-state index contributed by atoms with van der Waals surface area (Å²) in [6.07, 6.45) is 0. The fourth-order valence-corrected chi connectivity index (χ4v) is 2.43. The van der Waals surface area contributed by atoms with Crippen LogP contribution in [0.2, 0.25) is 0 Å². The van der Waals surface area contributed by atoms with Crippen LogP contribution in [-0.4, -0.2) is 0 Å². The van der Waals surface area contributed by atoms with Crippen LogP contribution in [0.25, 0.3) is 21.9 Å². The normalized spacial score (nSPS) is 11.1. The maximum absolute atomic E-state index is 2.31. The second kappa shape index (κ2) is 4.89. The molecule has 0 aliphatic heterocycles. The summed E-state index contributed by atoms with van der Waals surface area (Å²) < 4.78 is 0. The molecule has 0 fully saturated rings. The van der Waals surface area contributed by atoms with E-state index in [4.69, 9.17) is 0 Å². The lowest BCUT2D eigenvalue weighted by molar-refractivity contribution is 0.869. The molecule has 0 bridgehead atoms. The van der Waals surface area contributed by atoms with Crippen LogP contribution >= 0.6 is 0 Å². The van der Waals surface area contributed by atoms with Crippen LogP contribution in [0, 0.1) is 0 Å². The van der Waals surface area contributed by atoms with E-state index in [1.54, 1.807) is 0 Å². The van der Waals surface area contributed by atoms with Crippen molar-refractivity contribution in [3.63, 3.8) is 0 Å². The molecule has 94 valence electrons. The Morgan fingerprint density at radius 1 is 0.632 bits per heavy atom. The molecule has 0 saturated heterocycles. The van der Waals surface area contributed by atoms with Crippen LogP contribution in [0.4, 0.5) is 0 Å². The predicted molar refractivity (Wildman–Crippen MR) is 83.5 cm³/mol. The topological polar surface area (TPSA) is 0 Å². The lowest BCUT2D eigenvalue weighted by Crippen LogP contribution is -1.87. The van der Waals surface area contributed by atoms with Crippen molar-refractivity contribution in [1.29, 1.82) is 0 Å². The summed E-state index contributed by atoms with van der Waals surface area (Å²) >= 11 is 0. The van der Waals surface area contributed by atoms with Gasteiger partial charge in [-0.25, -0.2) is 0 Å². The van der Waals surface area contributed by atoms with Crippen molar-refractivity contribution >= 4 is 10.8 Å². The summed E-state index contributed by atoms with van der Waals surface area (Å²) in [5.41, 5.74) is 3.96. The molecule has 0 N–H and O–H groups in total. The summed E-state index contributed by atoms with van der Waals surface area (Å²) in [5, 5.41) is 2.64. The second-order valence-corrected chi connectivity index (χ2v) is 5.34. The summed E-state index contributed by atoms with van der Waals surface area (Å²) in [7, 11) is 0.